The minimum Gasteiger partial charge on any atom is -0.481 e. The summed E-state index contributed by atoms with van der Waals surface area (Å²) in [6.45, 7) is 0.0587. The van der Waals surface area contributed by atoms with Crippen molar-refractivity contribution in [2.45, 2.75) is 63.1 Å². The summed E-state index contributed by atoms with van der Waals surface area (Å²) in [5, 5.41) is 25.1. The molecule has 0 saturated heterocycles. The lowest BCUT2D eigenvalue weighted by Crippen LogP contribution is -2.53. The summed E-state index contributed by atoms with van der Waals surface area (Å²) in [5.41, 5.74) is 21.5. The van der Waals surface area contributed by atoms with Crippen molar-refractivity contribution in [3.8, 4) is 0 Å². The highest BCUT2D eigenvalue weighted by atomic mass is 16.4. The standard InChI is InChI=1S/C19H36N8O7/c20-8-2-1-4-12(17(32)27-13(18(33)34)5-3-9-24-19(22)23)26-14(28)10-25-16(31)11(21)6-7-15(29)30/h11-13H,1-10,20-21H2,(H,25,31)(H,26,28)(H,27,32)(H,29,30)(H,33,34)(H4,22,23,24). The van der Waals surface area contributed by atoms with Crippen molar-refractivity contribution in [2.24, 2.45) is 27.9 Å². The predicted octanol–water partition coefficient (Wildman–Crippen LogP) is -3.47. The van der Waals surface area contributed by atoms with E-state index in [9.17, 15) is 29.1 Å². The van der Waals surface area contributed by atoms with Gasteiger partial charge in [-0.2, -0.15) is 0 Å². The second kappa shape index (κ2) is 17.1. The Bertz CT molecular complexity index is 727. The molecule has 3 amide bonds. The molecule has 0 bridgehead atoms. The molecule has 0 aromatic rings. The smallest absolute Gasteiger partial charge is 0.326 e. The van der Waals surface area contributed by atoms with E-state index >= 15 is 0 Å². The van der Waals surface area contributed by atoms with Gasteiger partial charge in [0.25, 0.3) is 0 Å². The second-order valence-corrected chi connectivity index (χ2v) is 7.51. The number of nitrogens with one attached hydrogen (secondary N) is 3. The van der Waals surface area contributed by atoms with E-state index in [1.807, 2.05) is 0 Å². The Morgan fingerprint density at radius 1 is 0.853 bits per heavy atom. The zero-order valence-electron chi connectivity index (χ0n) is 19.0. The number of hydrogen-bond donors (Lipinski definition) is 9. The normalized spacial score (nSPS) is 13.1. The molecule has 0 aliphatic heterocycles. The lowest BCUT2D eigenvalue weighted by atomic mass is 10.1. The number of carboxylic acids is 2. The number of aliphatic imine (C=N–C) groups is 1. The summed E-state index contributed by atoms with van der Waals surface area (Å²) in [6.07, 6.45) is 1.22. The molecule has 15 nitrogen and oxygen atoms in total. The van der Waals surface area contributed by atoms with Crippen LogP contribution in [0.15, 0.2) is 4.99 Å². The first kappa shape index (κ1) is 30.5. The summed E-state index contributed by atoms with van der Waals surface area (Å²) in [6, 6.07) is -3.39. The van der Waals surface area contributed by atoms with Gasteiger partial charge in [-0.1, -0.05) is 0 Å². The van der Waals surface area contributed by atoms with Crippen molar-refractivity contribution < 1.29 is 34.2 Å². The van der Waals surface area contributed by atoms with Gasteiger partial charge in [-0.3, -0.25) is 24.2 Å². The molecule has 3 atom stereocenters. The Morgan fingerprint density at radius 3 is 2.06 bits per heavy atom. The van der Waals surface area contributed by atoms with Crippen LogP contribution in [-0.4, -0.2) is 83.6 Å². The Kier molecular flexibility index (Phi) is 15.3. The summed E-state index contributed by atoms with van der Waals surface area (Å²) < 4.78 is 0. The lowest BCUT2D eigenvalue weighted by Gasteiger charge is -2.22. The number of rotatable bonds is 18. The maximum Gasteiger partial charge on any atom is 0.326 e. The van der Waals surface area contributed by atoms with E-state index in [4.69, 9.17) is 28.0 Å². The van der Waals surface area contributed by atoms with Crippen molar-refractivity contribution in [3.05, 3.63) is 0 Å². The Labute approximate surface area is 197 Å². The van der Waals surface area contributed by atoms with Crippen LogP contribution in [-0.2, 0) is 24.0 Å². The van der Waals surface area contributed by atoms with E-state index in [0.29, 0.717) is 25.8 Å². The van der Waals surface area contributed by atoms with Gasteiger partial charge in [0.15, 0.2) is 5.96 Å². The van der Waals surface area contributed by atoms with E-state index in [0.717, 1.165) is 0 Å². The van der Waals surface area contributed by atoms with Crippen molar-refractivity contribution in [1.29, 1.82) is 0 Å². The van der Waals surface area contributed by atoms with Gasteiger partial charge in [0.2, 0.25) is 17.7 Å². The molecule has 0 heterocycles. The molecule has 194 valence electrons. The topological polar surface area (TPSA) is 278 Å². The van der Waals surface area contributed by atoms with Crippen molar-refractivity contribution >= 4 is 35.6 Å². The van der Waals surface area contributed by atoms with Gasteiger partial charge in [-0.15, -0.1) is 0 Å². The van der Waals surface area contributed by atoms with Crippen molar-refractivity contribution in [3.63, 3.8) is 0 Å². The molecule has 0 fully saturated rings. The van der Waals surface area contributed by atoms with Crippen molar-refractivity contribution in [2.75, 3.05) is 19.6 Å². The van der Waals surface area contributed by atoms with Crippen molar-refractivity contribution in [1.82, 2.24) is 16.0 Å². The van der Waals surface area contributed by atoms with Crippen LogP contribution in [0.2, 0.25) is 0 Å². The number of unbranched alkanes of at least 4 members (excludes halogenated alkanes) is 1. The predicted molar refractivity (Wildman–Crippen MR) is 122 cm³/mol. The molecule has 0 aliphatic rings. The monoisotopic (exact) mass is 488 g/mol. The molecule has 34 heavy (non-hydrogen) atoms. The molecule has 0 aliphatic carbocycles. The zero-order valence-corrected chi connectivity index (χ0v) is 19.0. The average Bonchev–Trinajstić information content (AvgIpc) is 2.76. The number of carbonyl (C=O) groups is 5. The third kappa shape index (κ3) is 14.6. The number of carboxylic acid groups (broad SMARTS) is 2. The average molecular weight is 489 g/mol. The van der Waals surface area contributed by atoms with E-state index in [1.165, 1.54) is 0 Å². The fourth-order valence-electron chi connectivity index (χ4n) is 2.75. The van der Waals surface area contributed by atoms with Crippen LogP contribution in [0.25, 0.3) is 0 Å². The van der Waals surface area contributed by atoms with Gasteiger partial charge in [0.05, 0.1) is 12.6 Å². The maximum absolute atomic E-state index is 12.7. The van der Waals surface area contributed by atoms with Gasteiger partial charge in [0.1, 0.15) is 12.1 Å². The molecular weight excluding hydrogens is 452 g/mol. The fraction of sp³-hybridized carbons (Fsp3) is 0.684. The van der Waals surface area contributed by atoms with Crippen LogP contribution in [0.1, 0.15) is 44.9 Å². The van der Waals surface area contributed by atoms with Crippen LogP contribution >= 0.6 is 0 Å². The second-order valence-electron chi connectivity index (χ2n) is 7.51. The van der Waals surface area contributed by atoms with Gasteiger partial charge < -0.3 is 49.1 Å². The zero-order chi connectivity index (χ0) is 26.1. The minimum atomic E-state index is -1.26. The third-order valence-electron chi connectivity index (χ3n) is 4.59. The molecule has 0 saturated carbocycles. The van der Waals surface area contributed by atoms with E-state index in [-0.39, 0.29) is 38.2 Å². The van der Waals surface area contributed by atoms with Gasteiger partial charge in [0, 0.05) is 13.0 Å². The largest absolute Gasteiger partial charge is 0.481 e. The first-order valence-corrected chi connectivity index (χ1v) is 10.8. The molecule has 15 heteroatoms. The highest BCUT2D eigenvalue weighted by Crippen LogP contribution is 2.04. The summed E-state index contributed by atoms with van der Waals surface area (Å²) in [7, 11) is 0. The number of hydrogen-bond acceptors (Lipinski definition) is 8. The SMILES string of the molecule is NCCCCC(NC(=O)CNC(=O)C(N)CCC(=O)O)C(=O)NC(CCCN=C(N)N)C(=O)O. The minimum absolute atomic E-state index is 0.0611. The summed E-state index contributed by atoms with van der Waals surface area (Å²) >= 11 is 0. The fourth-order valence-corrected chi connectivity index (χ4v) is 2.75. The third-order valence-corrected chi connectivity index (χ3v) is 4.59. The van der Waals surface area contributed by atoms with Crippen LogP contribution in [0.3, 0.4) is 0 Å². The Hall–Kier alpha value is -3.46. The van der Waals surface area contributed by atoms with E-state index in [1.54, 1.807) is 0 Å². The number of guanidine groups is 1. The molecule has 0 radical (unpaired) electrons. The number of nitrogens with two attached hydrogens (primary N) is 4. The molecule has 0 rings (SSSR count). The maximum atomic E-state index is 12.7. The van der Waals surface area contributed by atoms with Crippen LogP contribution in [0, 0.1) is 0 Å². The van der Waals surface area contributed by atoms with Gasteiger partial charge >= 0.3 is 11.9 Å². The molecule has 3 unspecified atom stereocenters. The van der Waals surface area contributed by atoms with Gasteiger partial charge in [-0.25, -0.2) is 4.79 Å². The number of amides is 3. The number of aliphatic carboxylic acids is 2. The summed E-state index contributed by atoms with van der Waals surface area (Å²) in [4.78, 5) is 62.6. The Morgan fingerprint density at radius 2 is 1.50 bits per heavy atom. The lowest BCUT2D eigenvalue weighted by molar-refractivity contribution is -0.142. The first-order valence-electron chi connectivity index (χ1n) is 10.8. The van der Waals surface area contributed by atoms with Crippen LogP contribution in [0.5, 0.6) is 0 Å². The highest BCUT2D eigenvalue weighted by Gasteiger charge is 2.26. The molecular formula is C19H36N8O7. The molecule has 0 aromatic carbocycles. The molecule has 13 N–H and O–H groups in total. The summed E-state index contributed by atoms with van der Waals surface area (Å²) in [5.74, 6) is -4.62. The van der Waals surface area contributed by atoms with E-state index < -0.39 is 54.3 Å². The van der Waals surface area contributed by atoms with E-state index in [2.05, 4.69) is 20.9 Å². The quantitative estimate of drug-likeness (QED) is 0.0519. The van der Waals surface area contributed by atoms with Crippen LogP contribution < -0.4 is 38.9 Å². The van der Waals surface area contributed by atoms with Gasteiger partial charge in [-0.05, 0) is 45.1 Å². The first-order chi connectivity index (χ1) is 16.0. The van der Waals surface area contributed by atoms with Crippen LogP contribution in [0.4, 0.5) is 0 Å². The highest BCUT2D eigenvalue weighted by molar-refractivity contribution is 5.92. The number of nitrogens with zero attached hydrogens (tertiary/aromatic N) is 1. The molecule has 0 aromatic heterocycles. The Balaban J connectivity index is 4.92. The molecule has 0 spiro atoms. The number of carbonyl (C=O) groups excluding carboxylic acids is 3.